The van der Waals surface area contributed by atoms with E-state index in [0.29, 0.717) is 24.6 Å². The van der Waals surface area contributed by atoms with Crippen LogP contribution < -0.4 is 9.64 Å². The lowest BCUT2D eigenvalue weighted by Crippen LogP contribution is -2.41. The molecule has 1 amide bonds. The summed E-state index contributed by atoms with van der Waals surface area (Å²) in [4.78, 5) is 25.7. The molecule has 5 nitrogen and oxygen atoms in total. The third-order valence-corrected chi connectivity index (χ3v) is 4.94. The predicted octanol–water partition coefficient (Wildman–Crippen LogP) is 2.16. The van der Waals surface area contributed by atoms with E-state index in [2.05, 4.69) is 0 Å². The van der Waals surface area contributed by atoms with Crippen molar-refractivity contribution in [1.29, 1.82) is 0 Å². The predicted molar refractivity (Wildman–Crippen MR) is 75.6 cm³/mol. The summed E-state index contributed by atoms with van der Waals surface area (Å²) in [5, 5.41) is 9.23. The Morgan fingerprint density at radius 2 is 1.95 bits per heavy atom. The number of ether oxygens (including phenoxy) is 1. The van der Waals surface area contributed by atoms with Gasteiger partial charge in [-0.3, -0.25) is 4.79 Å². The second kappa shape index (κ2) is 4.48. The molecule has 2 aliphatic carbocycles. The number of carboxylic acids is 1. The van der Waals surface area contributed by atoms with Crippen molar-refractivity contribution in [2.75, 3.05) is 18.1 Å². The average molecular weight is 287 g/mol. The molecular formula is C16H17NO4. The highest BCUT2D eigenvalue weighted by atomic mass is 16.5. The number of benzene rings is 1. The molecule has 2 saturated carbocycles. The van der Waals surface area contributed by atoms with E-state index in [1.54, 1.807) is 17.0 Å². The molecule has 3 aliphatic rings. The van der Waals surface area contributed by atoms with E-state index in [-0.39, 0.29) is 17.4 Å². The SMILES string of the molecule is O=C(O)c1cccc2c1OCCN2C(=O)C1CC2CC2C1. The standard InChI is InChI=1S/C16H17NO4/c18-15(11-7-9-6-10(9)8-11)17-4-5-21-14-12(16(19)20)2-1-3-13(14)17/h1-3,9-11H,4-8H2,(H,19,20). The van der Waals surface area contributed by atoms with Gasteiger partial charge in [0, 0.05) is 5.92 Å². The number of fused-ring (bicyclic) bond motifs is 2. The van der Waals surface area contributed by atoms with Gasteiger partial charge in [-0.2, -0.15) is 0 Å². The van der Waals surface area contributed by atoms with Crippen LogP contribution in [0.25, 0.3) is 0 Å². The van der Waals surface area contributed by atoms with Gasteiger partial charge < -0.3 is 14.7 Å². The maximum absolute atomic E-state index is 12.7. The van der Waals surface area contributed by atoms with Crippen LogP contribution in [0.15, 0.2) is 18.2 Å². The maximum Gasteiger partial charge on any atom is 0.339 e. The van der Waals surface area contributed by atoms with E-state index in [0.717, 1.165) is 24.7 Å². The summed E-state index contributed by atoms with van der Waals surface area (Å²) in [5.74, 6) is 1.05. The summed E-state index contributed by atoms with van der Waals surface area (Å²) >= 11 is 0. The van der Waals surface area contributed by atoms with Gasteiger partial charge in [-0.25, -0.2) is 4.79 Å². The number of rotatable bonds is 2. The molecular weight excluding hydrogens is 270 g/mol. The first-order chi connectivity index (χ1) is 10.1. The Morgan fingerprint density at radius 3 is 2.67 bits per heavy atom. The van der Waals surface area contributed by atoms with Crippen LogP contribution in [-0.4, -0.2) is 30.1 Å². The van der Waals surface area contributed by atoms with Crippen LogP contribution in [0.2, 0.25) is 0 Å². The second-order valence-corrected chi connectivity index (χ2v) is 6.22. The Kier molecular flexibility index (Phi) is 2.71. The van der Waals surface area contributed by atoms with Gasteiger partial charge in [-0.15, -0.1) is 0 Å². The first kappa shape index (κ1) is 12.7. The summed E-state index contributed by atoms with van der Waals surface area (Å²) in [6.45, 7) is 0.851. The molecule has 4 rings (SSSR count). The minimum absolute atomic E-state index is 0.105. The molecule has 2 fully saturated rings. The highest BCUT2D eigenvalue weighted by Crippen LogP contribution is 2.55. The van der Waals surface area contributed by atoms with Crippen LogP contribution in [0.5, 0.6) is 5.75 Å². The molecule has 1 aromatic carbocycles. The summed E-state index contributed by atoms with van der Waals surface area (Å²) in [5.41, 5.74) is 0.728. The summed E-state index contributed by atoms with van der Waals surface area (Å²) in [6.07, 6.45) is 3.27. The van der Waals surface area contributed by atoms with Gasteiger partial charge in [0.15, 0.2) is 5.75 Å². The van der Waals surface area contributed by atoms with E-state index in [1.165, 1.54) is 12.5 Å². The topological polar surface area (TPSA) is 66.8 Å². The van der Waals surface area contributed by atoms with Gasteiger partial charge in [0.25, 0.3) is 0 Å². The van der Waals surface area contributed by atoms with Gasteiger partial charge in [-0.05, 0) is 43.2 Å². The van der Waals surface area contributed by atoms with Crippen LogP contribution in [0, 0.1) is 17.8 Å². The van der Waals surface area contributed by atoms with Gasteiger partial charge >= 0.3 is 5.97 Å². The van der Waals surface area contributed by atoms with Crippen molar-refractivity contribution in [1.82, 2.24) is 0 Å². The molecule has 21 heavy (non-hydrogen) atoms. The Hall–Kier alpha value is -2.04. The number of carbonyl (C=O) groups is 2. The first-order valence-electron chi connectivity index (χ1n) is 7.45. The van der Waals surface area contributed by atoms with E-state index in [9.17, 15) is 14.7 Å². The molecule has 0 bridgehead atoms. The Bertz CT molecular complexity index is 617. The number of carbonyl (C=O) groups excluding carboxylic acids is 1. The number of nitrogens with zero attached hydrogens (tertiary/aromatic N) is 1. The number of hydrogen-bond acceptors (Lipinski definition) is 3. The van der Waals surface area contributed by atoms with Gasteiger partial charge in [0.2, 0.25) is 5.91 Å². The minimum atomic E-state index is -1.02. The number of anilines is 1. The molecule has 2 atom stereocenters. The maximum atomic E-state index is 12.7. The van der Waals surface area contributed by atoms with Gasteiger partial charge in [0.05, 0.1) is 12.2 Å². The molecule has 1 aliphatic heterocycles. The lowest BCUT2D eigenvalue weighted by Gasteiger charge is -2.32. The molecule has 2 unspecified atom stereocenters. The number of carboxylic acid groups (broad SMARTS) is 1. The van der Waals surface area contributed by atoms with E-state index >= 15 is 0 Å². The van der Waals surface area contributed by atoms with Crippen LogP contribution in [0.3, 0.4) is 0 Å². The molecule has 1 N–H and O–H groups in total. The van der Waals surface area contributed by atoms with Crippen LogP contribution in [0.4, 0.5) is 5.69 Å². The lowest BCUT2D eigenvalue weighted by atomic mass is 10.0. The second-order valence-electron chi connectivity index (χ2n) is 6.22. The van der Waals surface area contributed by atoms with Crippen molar-refractivity contribution in [2.45, 2.75) is 19.3 Å². The monoisotopic (exact) mass is 287 g/mol. The molecule has 0 radical (unpaired) electrons. The van der Waals surface area contributed by atoms with Crippen molar-refractivity contribution in [3.63, 3.8) is 0 Å². The van der Waals surface area contributed by atoms with Crippen molar-refractivity contribution >= 4 is 17.6 Å². The van der Waals surface area contributed by atoms with Crippen molar-refractivity contribution < 1.29 is 19.4 Å². The zero-order valence-electron chi connectivity index (χ0n) is 11.6. The number of amides is 1. The highest BCUT2D eigenvalue weighted by molar-refractivity contribution is 6.01. The normalized spacial score (nSPS) is 29.3. The number of hydrogen-bond donors (Lipinski definition) is 1. The number of para-hydroxylation sites is 1. The Labute approximate surface area is 122 Å². The third-order valence-electron chi connectivity index (χ3n) is 4.94. The van der Waals surface area contributed by atoms with Crippen LogP contribution in [-0.2, 0) is 4.79 Å². The fraction of sp³-hybridized carbons (Fsp3) is 0.500. The van der Waals surface area contributed by atoms with Crippen molar-refractivity contribution in [3.05, 3.63) is 23.8 Å². The summed E-state index contributed by atoms with van der Waals surface area (Å²) < 4.78 is 5.51. The molecule has 1 aromatic rings. The molecule has 0 spiro atoms. The molecule has 0 aromatic heterocycles. The minimum Gasteiger partial charge on any atom is -0.489 e. The zero-order chi connectivity index (χ0) is 14.6. The van der Waals surface area contributed by atoms with E-state index in [4.69, 9.17) is 4.74 Å². The van der Waals surface area contributed by atoms with Gasteiger partial charge in [0.1, 0.15) is 12.2 Å². The fourth-order valence-electron chi connectivity index (χ4n) is 3.78. The van der Waals surface area contributed by atoms with Crippen LogP contribution >= 0.6 is 0 Å². The Balaban J connectivity index is 1.65. The largest absolute Gasteiger partial charge is 0.489 e. The first-order valence-corrected chi connectivity index (χ1v) is 7.45. The number of aromatic carboxylic acids is 1. The van der Waals surface area contributed by atoms with Gasteiger partial charge in [-0.1, -0.05) is 6.07 Å². The third kappa shape index (κ3) is 1.99. The van der Waals surface area contributed by atoms with Crippen LogP contribution in [0.1, 0.15) is 29.6 Å². The van der Waals surface area contributed by atoms with E-state index < -0.39 is 5.97 Å². The van der Waals surface area contributed by atoms with E-state index in [1.807, 2.05) is 0 Å². The lowest BCUT2D eigenvalue weighted by molar-refractivity contribution is -0.122. The fourth-order valence-corrected chi connectivity index (χ4v) is 3.78. The van der Waals surface area contributed by atoms with Crippen molar-refractivity contribution in [2.24, 2.45) is 17.8 Å². The molecule has 0 saturated heterocycles. The molecule has 110 valence electrons. The summed E-state index contributed by atoms with van der Waals surface area (Å²) in [7, 11) is 0. The van der Waals surface area contributed by atoms with Crippen molar-refractivity contribution in [3.8, 4) is 5.75 Å². The average Bonchev–Trinajstić information content (AvgIpc) is 3.11. The zero-order valence-corrected chi connectivity index (χ0v) is 11.6. The summed E-state index contributed by atoms with van der Waals surface area (Å²) in [6, 6.07) is 4.96. The quantitative estimate of drug-likeness (QED) is 0.905. The highest BCUT2D eigenvalue weighted by Gasteiger charge is 2.49. The molecule has 5 heteroatoms. The molecule has 1 heterocycles. The Morgan fingerprint density at radius 1 is 1.19 bits per heavy atom. The smallest absolute Gasteiger partial charge is 0.339 e.